The molecule has 0 aromatic carbocycles. The summed E-state index contributed by atoms with van der Waals surface area (Å²) in [4.78, 5) is 2.80. The Kier molecular flexibility index (Phi) is 4.85. The van der Waals surface area contributed by atoms with Gasteiger partial charge in [-0.2, -0.15) is 0 Å². The van der Waals surface area contributed by atoms with Crippen molar-refractivity contribution in [3.63, 3.8) is 0 Å². The molecule has 18 heavy (non-hydrogen) atoms. The van der Waals surface area contributed by atoms with Crippen molar-refractivity contribution in [3.8, 4) is 0 Å². The van der Waals surface area contributed by atoms with Gasteiger partial charge >= 0.3 is 0 Å². The molecule has 1 N–H and O–H groups in total. The number of likely N-dealkylation sites (N-methyl/N-ethyl adjacent to an activating group) is 1. The lowest BCUT2D eigenvalue weighted by molar-refractivity contribution is 0.0796. The average Bonchev–Trinajstić information content (AvgIpc) is 3.05. The van der Waals surface area contributed by atoms with Crippen molar-refractivity contribution in [2.45, 2.75) is 69.9 Å². The van der Waals surface area contributed by atoms with Crippen LogP contribution in [0.3, 0.4) is 0 Å². The van der Waals surface area contributed by atoms with Gasteiger partial charge in [0.05, 0.1) is 0 Å². The first kappa shape index (κ1) is 14.1. The summed E-state index contributed by atoms with van der Waals surface area (Å²) in [5.41, 5.74) is 1.84. The van der Waals surface area contributed by atoms with Crippen LogP contribution in [0.15, 0.2) is 12.2 Å². The maximum Gasteiger partial charge on any atom is 0.0365 e. The van der Waals surface area contributed by atoms with Crippen LogP contribution in [-0.4, -0.2) is 36.6 Å². The molecule has 1 heterocycles. The summed E-state index contributed by atoms with van der Waals surface area (Å²) < 4.78 is 0. The largest absolute Gasteiger partial charge is 0.315 e. The topological polar surface area (TPSA) is 15.3 Å². The Morgan fingerprint density at radius 1 is 1.22 bits per heavy atom. The zero-order valence-electron chi connectivity index (χ0n) is 12.3. The highest BCUT2D eigenvalue weighted by Gasteiger charge is 2.45. The molecule has 0 aromatic rings. The quantitative estimate of drug-likeness (QED) is 0.727. The highest BCUT2D eigenvalue weighted by Crippen LogP contribution is 2.41. The fourth-order valence-electron chi connectivity index (χ4n) is 4.03. The molecule has 1 saturated carbocycles. The summed E-state index contributed by atoms with van der Waals surface area (Å²) in [6, 6.07) is 0.602. The zero-order chi connectivity index (χ0) is 13.0. The lowest BCUT2D eigenvalue weighted by Crippen LogP contribution is -2.58. The summed E-state index contributed by atoms with van der Waals surface area (Å²) in [6.07, 6.45) is 10.7. The van der Waals surface area contributed by atoms with Crippen LogP contribution in [0.4, 0.5) is 0 Å². The van der Waals surface area contributed by atoms with Crippen LogP contribution in [0, 0.1) is 0 Å². The van der Waals surface area contributed by atoms with Gasteiger partial charge in [-0.1, -0.05) is 31.9 Å². The molecule has 0 radical (unpaired) electrons. The molecule has 1 saturated heterocycles. The summed E-state index contributed by atoms with van der Waals surface area (Å²) >= 11 is 0. The van der Waals surface area contributed by atoms with E-state index >= 15 is 0 Å². The molecule has 0 amide bonds. The second-order valence-electron chi connectivity index (χ2n) is 6.15. The van der Waals surface area contributed by atoms with Crippen molar-refractivity contribution in [2.75, 3.05) is 20.1 Å². The average molecular weight is 250 g/mol. The van der Waals surface area contributed by atoms with Gasteiger partial charge in [0.25, 0.3) is 0 Å². The summed E-state index contributed by atoms with van der Waals surface area (Å²) in [6.45, 7) is 9.09. The Labute approximate surface area is 113 Å². The van der Waals surface area contributed by atoms with Gasteiger partial charge in [-0.05, 0) is 58.7 Å². The molecule has 2 heteroatoms. The van der Waals surface area contributed by atoms with E-state index in [-0.39, 0.29) is 0 Å². The van der Waals surface area contributed by atoms with Gasteiger partial charge in [-0.25, -0.2) is 0 Å². The molecule has 1 unspecified atom stereocenters. The van der Waals surface area contributed by atoms with Crippen LogP contribution in [0.2, 0.25) is 0 Å². The minimum absolute atomic E-state index is 0.434. The molecule has 0 aromatic heterocycles. The fraction of sp³-hybridized carbons (Fsp3) is 0.875. The van der Waals surface area contributed by atoms with E-state index < -0.39 is 0 Å². The summed E-state index contributed by atoms with van der Waals surface area (Å²) in [7, 11) is 2.14. The predicted molar refractivity (Wildman–Crippen MR) is 78.9 cm³/mol. The molecule has 0 spiro atoms. The fourth-order valence-corrected chi connectivity index (χ4v) is 4.03. The second kappa shape index (κ2) is 6.21. The molecule has 2 nitrogen and oxygen atoms in total. The summed E-state index contributed by atoms with van der Waals surface area (Å²) in [5.74, 6) is 0. The maximum atomic E-state index is 4.23. The normalized spacial score (nSPS) is 25.4. The Morgan fingerprint density at radius 2 is 1.83 bits per heavy atom. The molecule has 0 bridgehead atoms. The second-order valence-corrected chi connectivity index (χ2v) is 6.15. The third-order valence-corrected chi connectivity index (χ3v) is 5.20. The molecular formula is C16H30N2. The maximum absolute atomic E-state index is 4.23. The molecule has 2 fully saturated rings. The standard InChI is InChI=1S/C16H30N2/c1-4-14(2)13-15(17-3)16(9-5-6-10-16)18-11-7-8-12-18/h15,17H,2,4-13H2,1,3H3. The molecule has 2 aliphatic rings. The van der Waals surface area contributed by atoms with E-state index in [1.807, 2.05) is 0 Å². The van der Waals surface area contributed by atoms with Crippen LogP contribution in [0.25, 0.3) is 0 Å². The number of likely N-dealkylation sites (tertiary alicyclic amines) is 1. The van der Waals surface area contributed by atoms with Crippen molar-refractivity contribution in [1.29, 1.82) is 0 Å². The SMILES string of the molecule is C=C(CC)CC(NC)C1(N2CCCC2)CCCC1. The minimum Gasteiger partial charge on any atom is -0.315 e. The number of hydrogen-bond donors (Lipinski definition) is 1. The van der Waals surface area contributed by atoms with Crippen LogP contribution < -0.4 is 5.32 Å². The van der Waals surface area contributed by atoms with E-state index in [0.717, 1.165) is 12.8 Å². The van der Waals surface area contributed by atoms with Crippen molar-refractivity contribution in [1.82, 2.24) is 10.2 Å². The van der Waals surface area contributed by atoms with E-state index in [1.54, 1.807) is 0 Å². The van der Waals surface area contributed by atoms with Gasteiger partial charge in [-0.15, -0.1) is 0 Å². The van der Waals surface area contributed by atoms with E-state index in [0.29, 0.717) is 11.6 Å². The Hall–Kier alpha value is -0.340. The van der Waals surface area contributed by atoms with Gasteiger partial charge < -0.3 is 5.32 Å². The molecule has 1 atom stereocenters. The monoisotopic (exact) mass is 250 g/mol. The van der Waals surface area contributed by atoms with Crippen molar-refractivity contribution in [3.05, 3.63) is 12.2 Å². The number of hydrogen-bond acceptors (Lipinski definition) is 2. The highest BCUT2D eigenvalue weighted by molar-refractivity contribution is 5.09. The van der Waals surface area contributed by atoms with Crippen molar-refractivity contribution in [2.24, 2.45) is 0 Å². The van der Waals surface area contributed by atoms with Gasteiger partial charge in [0, 0.05) is 11.6 Å². The molecule has 1 aliphatic heterocycles. The van der Waals surface area contributed by atoms with Crippen molar-refractivity contribution >= 4 is 0 Å². The number of rotatable bonds is 6. The van der Waals surface area contributed by atoms with E-state index in [4.69, 9.17) is 0 Å². The van der Waals surface area contributed by atoms with E-state index in [9.17, 15) is 0 Å². The molecule has 104 valence electrons. The van der Waals surface area contributed by atoms with Gasteiger partial charge in [0.2, 0.25) is 0 Å². The van der Waals surface area contributed by atoms with Crippen LogP contribution in [0.5, 0.6) is 0 Å². The van der Waals surface area contributed by atoms with E-state index in [1.165, 1.54) is 57.2 Å². The molecule has 2 rings (SSSR count). The Morgan fingerprint density at radius 3 is 2.33 bits per heavy atom. The lowest BCUT2D eigenvalue weighted by atomic mass is 9.82. The van der Waals surface area contributed by atoms with Crippen LogP contribution in [-0.2, 0) is 0 Å². The third-order valence-electron chi connectivity index (χ3n) is 5.20. The van der Waals surface area contributed by atoms with Gasteiger partial charge in [-0.3, -0.25) is 4.90 Å². The lowest BCUT2D eigenvalue weighted by Gasteiger charge is -2.45. The van der Waals surface area contributed by atoms with Gasteiger partial charge in [0.15, 0.2) is 0 Å². The predicted octanol–water partition coefficient (Wildman–Crippen LogP) is 3.34. The smallest absolute Gasteiger partial charge is 0.0365 e. The zero-order valence-corrected chi connectivity index (χ0v) is 12.3. The summed E-state index contributed by atoms with van der Waals surface area (Å²) in [5, 5.41) is 3.62. The highest BCUT2D eigenvalue weighted by atomic mass is 15.2. The van der Waals surface area contributed by atoms with Crippen molar-refractivity contribution < 1.29 is 0 Å². The number of nitrogens with one attached hydrogen (secondary N) is 1. The molecule has 1 aliphatic carbocycles. The number of nitrogens with zero attached hydrogens (tertiary/aromatic N) is 1. The first-order valence-electron chi connectivity index (χ1n) is 7.82. The Bertz CT molecular complexity index is 273. The first-order valence-corrected chi connectivity index (χ1v) is 7.82. The third kappa shape index (κ3) is 2.65. The Balaban J connectivity index is 2.13. The molecular weight excluding hydrogens is 220 g/mol. The first-order chi connectivity index (χ1) is 8.73. The van der Waals surface area contributed by atoms with Gasteiger partial charge in [0.1, 0.15) is 0 Å². The van der Waals surface area contributed by atoms with Crippen LogP contribution >= 0.6 is 0 Å². The van der Waals surface area contributed by atoms with Crippen LogP contribution in [0.1, 0.15) is 58.3 Å². The van der Waals surface area contributed by atoms with E-state index in [2.05, 4.69) is 30.8 Å². The minimum atomic E-state index is 0.434.